The third kappa shape index (κ3) is 1.62. The van der Waals surface area contributed by atoms with Gasteiger partial charge >= 0.3 is 0 Å². The molecule has 1 aliphatic heterocycles. The number of hydrogen-bond acceptors (Lipinski definition) is 2. The van der Waals surface area contributed by atoms with E-state index >= 15 is 0 Å². The van der Waals surface area contributed by atoms with E-state index in [4.69, 9.17) is 4.74 Å². The monoisotopic (exact) mass is 179 g/mol. The van der Waals surface area contributed by atoms with Crippen LogP contribution in [0.25, 0.3) is 0 Å². The van der Waals surface area contributed by atoms with Gasteiger partial charge in [-0.05, 0) is 24.2 Å². The predicted octanol–water partition coefficient (Wildman–Crippen LogP) is 2.75. The number of ether oxygens (including phenoxy) is 1. The quantitative estimate of drug-likeness (QED) is 0.560. The Kier molecular flexibility index (Phi) is 1.94. The van der Waals surface area contributed by atoms with E-state index in [1.165, 1.54) is 6.42 Å². The summed E-state index contributed by atoms with van der Waals surface area (Å²) in [6.45, 7) is 6.86. The Morgan fingerprint density at radius 3 is 2.85 bits per heavy atom. The highest BCUT2D eigenvalue weighted by Gasteiger charge is 2.31. The number of fused-ring (bicyclic) bond motifs is 1. The van der Waals surface area contributed by atoms with Crippen molar-refractivity contribution in [2.24, 2.45) is 16.3 Å². The summed E-state index contributed by atoms with van der Waals surface area (Å²) in [6.07, 6.45) is 6.48. The lowest BCUT2D eigenvalue weighted by Crippen LogP contribution is -2.25. The van der Waals surface area contributed by atoms with E-state index < -0.39 is 0 Å². The van der Waals surface area contributed by atoms with E-state index in [9.17, 15) is 0 Å². The first-order valence-corrected chi connectivity index (χ1v) is 4.97. The maximum absolute atomic E-state index is 5.36. The zero-order valence-electron chi connectivity index (χ0n) is 8.58. The Labute approximate surface area is 79.7 Å². The van der Waals surface area contributed by atoms with Gasteiger partial charge in [-0.25, -0.2) is 4.99 Å². The maximum atomic E-state index is 5.36. The van der Waals surface area contributed by atoms with Crippen LogP contribution in [0.15, 0.2) is 16.8 Å². The van der Waals surface area contributed by atoms with E-state index in [0.29, 0.717) is 11.3 Å². The fourth-order valence-corrected chi connectivity index (χ4v) is 1.99. The molecule has 2 rings (SSSR count). The number of rotatable bonds is 0. The fraction of sp³-hybridized carbons (Fsp3) is 0.727. The van der Waals surface area contributed by atoms with Gasteiger partial charge in [0.15, 0.2) is 6.40 Å². The molecular formula is C11H17NO. The van der Waals surface area contributed by atoms with Crippen molar-refractivity contribution < 1.29 is 4.74 Å². The zero-order chi connectivity index (χ0) is 9.47. The van der Waals surface area contributed by atoms with Crippen molar-refractivity contribution in [2.75, 3.05) is 0 Å². The van der Waals surface area contributed by atoms with Crippen molar-refractivity contribution in [1.29, 1.82) is 0 Å². The van der Waals surface area contributed by atoms with Gasteiger partial charge in [0.1, 0.15) is 6.10 Å². The molecule has 0 saturated carbocycles. The summed E-state index contributed by atoms with van der Waals surface area (Å²) < 4.78 is 5.36. The first-order valence-electron chi connectivity index (χ1n) is 4.97. The van der Waals surface area contributed by atoms with Crippen LogP contribution in [0.1, 0.15) is 33.6 Å². The van der Waals surface area contributed by atoms with Crippen LogP contribution in [-0.4, -0.2) is 12.5 Å². The molecule has 2 aliphatic rings. The van der Waals surface area contributed by atoms with Crippen LogP contribution in [0.4, 0.5) is 0 Å². The smallest absolute Gasteiger partial charge is 0.175 e. The molecule has 1 heterocycles. The molecule has 2 atom stereocenters. The summed E-state index contributed by atoms with van der Waals surface area (Å²) in [7, 11) is 0. The van der Waals surface area contributed by atoms with Crippen molar-refractivity contribution in [3.63, 3.8) is 0 Å². The lowest BCUT2D eigenvalue weighted by Gasteiger charge is -2.32. The van der Waals surface area contributed by atoms with Crippen LogP contribution >= 0.6 is 0 Å². The van der Waals surface area contributed by atoms with E-state index in [-0.39, 0.29) is 6.10 Å². The highest BCUT2D eigenvalue weighted by molar-refractivity contribution is 5.54. The van der Waals surface area contributed by atoms with Crippen LogP contribution < -0.4 is 0 Å². The molecule has 1 aliphatic carbocycles. The van der Waals surface area contributed by atoms with Gasteiger partial charge in [-0.1, -0.05) is 26.8 Å². The molecule has 2 nitrogen and oxygen atoms in total. The van der Waals surface area contributed by atoms with Gasteiger partial charge in [-0.2, -0.15) is 0 Å². The third-order valence-corrected chi connectivity index (χ3v) is 2.98. The Balaban J connectivity index is 2.18. The summed E-state index contributed by atoms with van der Waals surface area (Å²) >= 11 is 0. The van der Waals surface area contributed by atoms with Gasteiger partial charge in [0.2, 0.25) is 0 Å². The Morgan fingerprint density at radius 2 is 2.15 bits per heavy atom. The molecule has 2 heteroatoms. The number of hydrogen-bond donors (Lipinski definition) is 0. The minimum atomic E-state index is 0.263. The van der Waals surface area contributed by atoms with E-state index in [1.807, 2.05) is 0 Å². The Bertz CT molecular complexity index is 260. The standard InChI is InChI=1S/C11H17NO/c1-11(2,3)8-4-5-10-9(6-8)12-7-13-10/h6-8,10H,4-5H2,1-3H3. The molecule has 13 heavy (non-hydrogen) atoms. The molecule has 0 radical (unpaired) electrons. The second kappa shape index (κ2) is 2.86. The molecular weight excluding hydrogens is 162 g/mol. The van der Waals surface area contributed by atoms with E-state index in [0.717, 1.165) is 12.1 Å². The van der Waals surface area contributed by atoms with Crippen LogP contribution in [0.3, 0.4) is 0 Å². The van der Waals surface area contributed by atoms with Crippen LogP contribution in [-0.2, 0) is 4.74 Å². The van der Waals surface area contributed by atoms with Crippen LogP contribution in [0, 0.1) is 11.3 Å². The summed E-state index contributed by atoms with van der Waals surface area (Å²) in [6, 6.07) is 0. The molecule has 0 N–H and O–H groups in total. The summed E-state index contributed by atoms with van der Waals surface area (Å²) in [5.74, 6) is 0.651. The van der Waals surface area contributed by atoms with Gasteiger partial charge in [0.25, 0.3) is 0 Å². The molecule has 0 aromatic rings. The largest absolute Gasteiger partial charge is 0.474 e. The minimum absolute atomic E-state index is 0.263. The predicted molar refractivity (Wildman–Crippen MR) is 53.6 cm³/mol. The van der Waals surface area contributed by atoms with Gasteiger partial charge in [-0.3, -0.25) is 0 Å². The van der Waals surface area contributed by atoms with Crippen LogP contribution in [0.5, 0.6) is 0 Å². The summed E-state index contributed by atoms with van der Waals surface area (Å²) in [5, 5.41) is 0. The molecule has 0 bridgehead atoms. The van der Waals surface area contributed by atoms with Crippen molar-refractivity contribution >= 4 is 6.40 Å². The molecule has 0 aromatic heterocycles. The zero-order valence-corrected chi connectivity index (χ0v) is 8.58. The Morgan fingerprint density at radius 1 is 1.38 bits per heavy atom. The maximum Gasteiger partial charge on any atom is 0.175 e. The normalized spacial score (nSPS) is 32.4. The summed E-state index contributed by atoms with van der Waals surface area (Å²) in [5.41, 5.74) is 1.50. The van der Waals surface area contributed by atoms with Gasteiger partial charge < -0.3 is 4.74 Å². The van der Waals surface area contributed by atoms with Crippen molar-refractivity contribution in [1.82, 2.24) is 0 Å². The second-order valence-electron chi connectivity index (χ2n) is 5.00. The first-order chi connectivity index (χ1) is 6.07. The highest BCUT2D eigenvalue weighted by Crippen LogP contribution is 2.38. The number of nitrogens with zero attached hydrogens (tertiary/aromatic N) is 1. The SMILES string of the molecule is CC(C)(C)C1C=C2N=COC2CC1. The van der Waals surface area contributed by atoms with Crippen LogP contribution in [0.2, 0.25) is 0 Å². The number of aliphatic imine (C=N–C) groups is 1. The van der Waals surface area contributed by atoms with E-state index in [1.54, 1.807) is 6.40 Å². The topological polar surface area (TPSA) is 21.6 Å². The lowest BCUT2D eigenvalue weighted by molar-refractivity contribution is 0.186. The third-order valence-electron chi connectivity index (χ3n) is 2.98. The first kappa shape index (κ1) is 8.79. The minimum Gasteiger partial charge on any atom is -0.474 e. The second-order valence-corrected chi connectivity index (χ2v) is 5.00. The summed E-state index contributed by atoms with van der Waals surface area (Å²) in [4.78, 5) is 4.24. The molecule has 72 valence electrons. The van der Waals surface area contributed by atoms with Gasteiger partial charge in [0, 0.05) is 0 Å². The fourth-order valence-electron chi connectivity index (χ4n) is 1.99. The average molecular weight is 179 g/mol. The van der Waals surface area contributed by atoms with Gasteiger partial charge in [0.05, 0.1) is 5.70 Å². The van der Waals surface area contributed by atoms with Crippen molar-refractivity contribution in [3.8, 4) is 0 Å². The Hall–Kier alpha value is -0.790. The van der Waals surface area contributed by atoms with Gasteiger partial charge in [-0.15, -0.1) is 0 Å². The molecule has 0 aromatic carbocycles. The molecule has 0 spiro atoms. The van der Waals surface area contributed by atoms with Crippen molar-refractivity contribution in [3.05, 3.63) is 11.8 Å². The lowest BCUT2D eigenvalue weighted by atomic mass is 9.74. The van der Waals surface area contributed by atoms with Crippen molar-refractivity contribution in [2.45, 2.75) is 39.7 Å². The van der Waals surface area contributed by atoms with E-state index in [2.05, 4.69) is 31.8 Å². The molecule has 0 saturated heterocycles. The molecule has 0 fully saturated rings. The number of allylic oxidation sites excluding steroid dienone is 1. The highest BCUT2D eigenvalue weighted by atomic mass is 16.5. The molecule has 0 amide bonds. The average Bonchev–Trinajstić information content (AvgIpc) is 2.47. The molecule has 2 unspecified atom stereocenters.